The van der Waals surface area contributed by atoms with Crippen molar-refractivity contribution in [3.05, 3.63) is 58.0 Å². The molecule has 0 aromatic carbocycles. The van der Waals surface area contributed by atoms with Gasteiger partial charge in [0, 0.05) is 30.6 Å². The Bertz CT molecular complexity index is 746. The molecule has 0 aliphatic rings. The van der Waals surface area contributed by atoms with Gasteiger partial charge in [-0.15, -0.1) is 17.9 Å². The molecule has 0 bridgehead atoms. The second kappa shape index (κ2) is 8.04. The summed E-state index contributed by atoms with van der Waals surface area (Å²) < 4.78 is 0. The van der Waals surface area contributed by atoms with E-state index in [-0.39, 0.29) is 17.4 Å². The summed E-state index contributed by atoms with van der Waals surface area (Å²) >= 11 is 1.28. The van der Waals surface area contributed by atoms with E-state index in [1.165, 1.54) is 29.7 Å². The minimum Gasteiger partial charge on any atom is -0.353 e. The molecule has 2 aromatic heterocycles. The van der Waals surface area contributed by atoms with Crippen LogP contribution < -0.4 is 16.2 Å². The van der Waals surface area contributed by atoms with Crippen molar-refractivity contribution in [3.8, 4) is 0 Å². The molecule has 0 saturated carbocycles. The van der Waals surface area contributed by atoms with Crippen LogP contribution in [0.2, 0.25) is 0 Å². The molecular formula is C15H16N4O3S. The van der Waals surface area contributed by atoms with E-state index in [1.54, 1.807) is 11.5 Å². The molecule has 8 heteroatoms. The summed E-state index contributed by atoms with van der Waals surface area (Å²) in [5.41, 5.74) is 0.804. The lowest BCUT2D eigenvalue weighted by Crippen LogP contribution is -2.23. The van der Waals surface area contributed by atoms with Crippen LogP contribution in [0, 0.1) is 0 Å². The zero-order valence-electron chi connectivity index (χ0n) is 12.3. The van der Waals surface area contributed by atoms with Gasteiger partial charge in [0.1, 0.15) is 0 Å². The highest BCUT2D eigenvalue weighted by Crippen LogP contribution is 2.17. The number of hydrogen-bond acceptors (Lipinski definition) is 5. The summed E-state index contributed by atoms with van der Waals surface area (Å²) in [6.45, 7) is 3.97. The van der Waals surface area contributed by atoms with Crippen LogP contribution in [0.25, 0.3) is 0 Å². The number of pyridine rings is 1. The van der Waals surface area contributed by atoms with Crippen molar-refractivity contribution in [1.29, 1.82) is 0 Å². The number of hydrogen-bond donors (Lipinski definition) is 3. The SMILES string of the molecule is C=CCNC(=O)CCc1csc(NC(=O)c2ccc(=O)[nH]c2)n1. The third kappa shape index (κ3) is 5.19. The van der Waals surface area contributed by atoms with Crippen LogP contribution in [0.1, 0.15) is 22.5 Å². The Hall–Kier alpha value is -2.74. The maximum absolute atomic E-state index is 12.0. The van der Waals surface area contributed by atoms with E-state index in [0.29, 0.717) is 30.1 Å². The van der Waals surface area contributed by atoms with E-state index in [0.717, 1.165) is 5.69 Å². The van der Waals surface area contributed by atoms with E-state index >= 15 is 0 Å². The molecular weight excluding hydrogens is 316 g/mol. The van der Waals surface area contributed by atoms with Crippen LogP contribution in [-0.4, -0.2) is 28.3 Å². The highest BCUT2D eigenvalue weighted by molar-refractivity contribution is 7.13. The van der Waals surface area contributed by atoms with Gasteiger partial charge in [-0.1, -0.05) is 6.08 Å². The van der Waals surface area contributed by atoms with Gasteiger partial charge in [-0.25, -0.2) is 4.98 Å². The molecule has 2 rings (SSSR count). The molecule has 2 amide bonds. The number of thiazole rings is 1. The van der Waals surface area contributed by atoms with Crippen molar-refractivity contribution in [2.24, 2.45) is 0 Å². The second-order valence-electron chi connectivity index (χ2n) is 4.63. The minimum atomic E-state index is -0.356. The van der Waals surface area contributed by atoms with Crippen LogP contribution in [-0.2, 0) is 11.2 Å². The fourth-order valence-electron chi connectivity index (χ4n) is 1.72. The zero-order chi connectivity index (χ0) is 16.7. The Morgan fingerprint density at radius 2 is 2.22 bits per heavy atom. The Kier molecular flexibility index (Phi) is 5.81. The summed E-state index contributed by atoms with van der Waals surface area (Å²) in [4.78, 5) is 41.1. The summed E-state index contributed by atoms with van der Waals surface area (Å²) in [6, 6.07) is 2.72. The lowest BCUT2D eigenvalue weighted by Gasteiger charge is -2.01. The van der Waals surface area contributed by atoms with Gasteiger partial charge >= 0.3 is 0 Å². The summed E-state index contributed by atoms with van der Waals surface area (Å²) in [5.74, 6) is -0.428. The Morgan fingerprint density at radius 3 is 2.91 bits per heavy atom. The molecule has 0 unspecified atom stereocenters. The quantitative estimate of drug-likeness (QED) is 0.665. The number of aromatic nitrogens is 2. The average Bonchev–Trinajstić information content (AvgIpc) is 2.99. The molecule has 23 heavy (non-hydrogen) atoms. The molecule has 0 aliphatic carbocycles. The van der Waals surface area contributed by atoms with E-state index in [9.17, 15) is 14.4 Å². The van der Waals surface area contributed by atoms with Gasteiger partial charge in [-0.2, -0.15) is 0 Å². The van der Waals surface area contributed by atoms with Crippen LogP contribution in [0.4, 0.5) is 5.13 Å². The highest BCUT2D eigenvalue weighted by Gasteiger charge is 2.10. The number of nitrogens with zero attached hydrogens (tertiary/aromatic N) is 1. The first-order valence-corrected chi connectivity index (χ1v) is 7.78. The predicted molar refractivity (Wildman–Crippen MR) is 88.7 cm³/mol. The number of nitrogens with one attached hydrogen (secondary N) is 3. The van der Waals surface area contributed by atoms with Crippen molar-refractivity contribution in [1.82, 2.24) is 15.3 Å². The Labute approximate surface area is 136 Å². The number of amides is 2. The summed E-state index contributed by atoms with van der Waals surface area (Å²) in [6.07, 6.45) is 3.78. The average molecular weight is 332 g/mol. The number of anilines is 1. The molecule has 0 radical (unpaired) electrons. The topological polar surface area (TPSA) is 104 Å². The van der Waals surface area contributed by atoms with Crippen LogP contribution in [0.3, 0.4) is 0 Å². The summed E-state index contributed by atoms with van der Waals surface area (Å²) in [7, 11) is 0. The smallest absolute Gasteiger partial charge is 0.258 e. The van der Waals surface area contributed by atoms with Gasteiger partial charge in [0.05, 0.1) is 11.3 Å². The number of H-pyrrole nitrogens is 1. The fraction of sp³-hybridized carbons (Fsp3) is 0.200. The van der Waals surface area contributed by atoms with Crippen LogP contribution in [0.15, 0.2) is 41.2 Å². The molecule has 0 aliphatic heterocycles. The van der Waals surface area contributed by atoms with Crippen molar-refractivity contribution >= 4 is 28.3 Å². The molecule has 2 heterocycles. The maximum atomic E-state index is 12.0. The van der Waals surface area contributed by atoms with Crippen molar-refractivity contribution in [2.45, 2.75) is 12.8 Å². The van der Waals surface area contributed by atoms with Gasteiger partial charge in [-0.05, 0) is 12.5 Å². The fourth-order valence-corrected chi connectivity index (χ4v) is 2.46. The number of carbonyl (C=O) groups is 2. The van der Waals surface area contributed by atoms with Gasteiger partial charge in [0.15, 0.2) is 5.13 Å². The van der Waals surface area contributed by atoms with Gasteiger partial charge in [-0.3, -0.25) is 19.7 Å². The number of rotatable bonds is 7. The summed E-state index contributed by atoms with van der Waals surface area (Å²) in [5, 5.41) is 7.58. The molecule has 3 N–H and O–H groups in total. The molecule has 0 spiro atoms. The minimum absolute atomic E-state index is 0.0725. The van der Waals surface area contributed by atoms with Crippen molar-refractivity contribution in [3.63, 3.8) is 0 Å². The third-order valence-electron chi connectivity index (χ3n) is 2.87. The molecule has 0 fully saturated rings. The zero-order valence-corrected chi connectivity index (χ0v) is 13.1. The van der Waals surface area contributed by atoms with E-state index < -0.39 is 0 Å². The van der Waals surface area contributed by atoms with Crippen LogP contribution >= 0.6 is 11.3 Å². The van der Waals surface area contributed by atoms with Crippen molar-refractivity contribution in [2.75, 3.05) is 11.9 Å². The molecule has 0 saturated heterocycles. The van der Waals surface area contributed by atoms with Crippen LogP contribution in [0.5, 0.6) is 0 Å². The largest absolute Gasteiger partial charge is 0.353 e. The number of aryl methyl sites for hydroxylation is 1. The maximum Gasteiger partial charge on any atom is 0.258 e. The molecule has 0 atom stereocenters. The Balaban J connectivity index is 1.88. The first-order chi connectivity index (χ1) is 11.1. The Morgan fingerprint density at radius 1 is 1.39 bits per heavy atom. The first kappa shape index (κ1) is 16.6. The van der Waals surface area contributed by atoms with Gasteiger partial charge in [0.2, 0.25) is 11.5 Å². The molecule has 7 nitrogen and oxygen atoms in total. The third-order valence-corrected chi connectivity index (χ3v) is 3.68. The van der Waals surface area contributed by atoms with E-state index in [4.69, 9.17) is 0 Å². The van der Waals surface area contributed by atoms with Gasteiger partial charge < -0.3 is 10.3 Å². The predicted octanol–water partition coefficient (Wildman–Crippen LogP) is 1.32. The molecule has 120 valence electrons. The van der Waals surface area contributed by atoms with Gasteiger partial charge in [0.25, 0.3) is 5.91 Å². The van der Waals surface area contributed by atoms with E-state index in [1.807, 2.05) is 0 Å². The normalized spacial score (nSPS) is 10.1. The lowest BCUT2D eigenvalue weighted by molar-refractivity contribution is -0.120. The van der Waals surface area contributed by atoms with E-state index in [2.05, 4.69) is 27.2 Å². The number of carbonyl (C=O) groups excluding carboxylic acids is 2. The monoisotopic (exact) mass is 332 g/mol. The number of aromatic amines is 1. The standard InChI is InChI=1S/C15H16N4O3S/c1-2-7-16-12(20)6-4-11-9-23-15(18-11)19-14(22)10-3-5-13(21)17-8-10/h2-3,5,8-9H,1,4,6-7H2,(H,16,20)(H,17,21)(H,18,19,22). The highest BCUT2D eigenvalue weighted by atomic mass is 32.1. The second-order valence-corrected chi connectivity index (χ2v) is 5.49. The first-order valence-electron chi connectivity index (χ1n) is 6.90. The molecule has 2 aromatic rings. The lowest BCUT2D eigenvalue weighted by atomic mass is 10.2. The van der Waals surface area contributed by atoms with Crippen molar-refractivity contribution < 1.29 is 9.59 Å².